The number of benzene rings is 2. The van der Waals surface area contributed by atoms with Gasteiger partial charge >= 0.3 is 6.09 Å². The molecule has 1 spiro atoms. The number of carbonyl (C=O) groups excluding carboxylic acids is 1. The number of rotatable bonds is 14. The fraction of sp³-hybridized carbons (Fsp3) is 0.580. The van der Waals surface area contributed by atoms with Crippen LogP contribution in [0.2, 0.25) is 12.6 Å². The van der Waals surface area contributed by atoms with Crippen LogP contribution in [0.3, 0.4) is 0 Å². The lowest BCUT2D eigenvalue weighted by molar-refractivity contribution is -0.0502. The lowest BCUT2D eigenvalue weighted by Crippen LogP contribution is -2.54. The zero-order chi connectivity index (χ0) is 46.0. The van der Waals surface area contributed by atoms with Crippen LogP contribution in [-0.2, 0) is 4.74 Å². The number of hydrogen-bond acceptors (Lipinski definition) is 11. The Morgan fingerprint density at radius 1 is 0.894 bits per heavy atom. The molecular formula is C50H68N9O6Si. The molecule has 5 aromatic rings. The zero-order valence-corrected chi connectivity index (χ0v) is 40.3. The molecule has 2 saturated heterocycles. The van der Waals surface area contributed by atoms with E-state index < -0.39 is 33.4 Å². The number of fused-ring (bicyclic) bond motifs is 5. The fourth-order valence-electron chi connectivity index (χ4n) is 11.7. The van der Waals surface area contributed by atoms with Crippen LogP contribution < -0.4 is 15.4 Å². The van der Waals surface area contributed by atoms with Gasteiger partial charge in [-0.2, -0.15) is 0 Å². The van der Waals surface area contributed by atoms with Crippen molar-refractivity contribution in [1.82, 2.24) is 44.9 Å². The van der Waals surface area contributed by atoms with Gasteiger partial charge in [0, 0.05) is 34.5 Å². The maximum atomic E-state index is 12.2. The fourth-order valence-corrected chi connectivity index (χ4v) is 14.0. The van der Waals surface area contributed by atoms with Crippen molar-refractivity contribution in [2.45, 2.75) is 135 Å². The molecule has 3 aliphatic heterocycles. The summed E-state index contributed by atoms with van der Waals surface area (Å²) in [5.74, 6) is 3.05. The van der Waals surface area contributed by atoms with Gasteiger partial charge in [0.05, 0.1) is 81.8 Å². The third kappa shape index (κ3) is 8.40. The highest BCUT2D eigenvalue weighted by atomic mass is 28.3. The summed E-state index contributed by atoms with van der Waals surface area (Å²) in [6, 6.07) is 15.5. The van der Waals surface area contributed by atoms with E-state index in [1.165, 1.54) is 32.8 Å². The van der Waals surface area contributed by atoms with Crippen LogP contribution >= 0.6 is 0 Å². The molecule has 2 aliphatic carbocycles. The van der Waals surface area contributed by atoms with E-state index in [0.29, 0.717) is 11.3 Å². The quantitative estimate of drug-likeness (QED) is 0.0428. The van der Waals surface area contributed by atoms with Gasteiger partial charge in [0.25, 0.3) is 0 Å². The van der Waals surface area contributed by atoms with Crippen molar-refractivity contribution in [2.24, 2.45) is 23.2 Å². The minimum Gasteiger partial charge on any atom is -0.469 e. The summed E-state index contributed by atoms with van der Waals surface area (Å²) < 4.78 is 14.6. The first-order valence-electron chi connectivity index (χ1n) is 24.3. The average Bonchev–Trinajstić information content (AvgIpc) is 3.98. The number of aliphatic hydroxyl groups is 3. The third-order valence-corrected chi connectivity index (χ3v) is 17.7. The van der Waals surface area contributed by atoms with Crippen molar-refractivity contribution in [2.75, 3.05) is 26.6 Å². The number of carbonyl (C=O) groups is 1. The molecule has 1 radical (unpaired) electrons. The molecule has 6 heterocycles. The molecule has 7 N–H and O–H groups in total. The Hall–Kier alpha value is -4.55. The number of imidazole rings is 2. The Kier molecular flexibility index (Phi) is 12.5. The van der Waals surface area contributed by atoms with Crippen molar-refractivity contribution < 1.29 is 29.6 Å². The number of H-pyrrole nitrogens is 2. The lowest BCUT2D eigenvalue weighted by atomic mass is 9.78. The number of ether oxygens (including phenoxy) is 2. The van der Waals surface area contributed by atoms with E-state index in [1.54, 1.807) is 0 Å². The molecule has 15 nitrogen and oxygen atoms in total. The topological polar surface area (TPSA) is 189 Å². The van der Waals surface area contributed by atoms with E-state index in [2.05, 4.69) is 97.8 Å². The monoisotopic (exact) mass is 919 g/mol. The van der Waals surface area contributed by atoms with Gasteiger partial charge in [-0.1, -0.05) is 46.4 Å². The summed E-state index contributed by atoms with van der Waals surface area (Å²) in [5.41, 5.74) is 7.81. The first kappa shape index (κ1) is 45.2. The number of hydrogen-bond donors (Lipinski definition) is 7. The second-order valence-electron chi connectivity index (χ2n) is 20.7. The van der Waals surface area contributed by atoms with Gasteiger partial charge in [-0.3, -0.25) is 15.1 Å². The van der Waals surface area contributed by atoms with Crippen LogP contribution in [0.4, 0.5) is 4.79 Å². The molecule has 0 bridgehead atoms. The highest BCUT2D eigenvalue weighted by molar-refractivity contribution is 6.58. The second kappa shape index (κ2) is 18.2. The molecule has 7 atom stereocenters. The lowest BCUT2D eigenvalue weighted by Gasteiger charge is -2.38. The number of aromatic nitrogens is 5. The van der Waals surface area contributed by atoms with Crippen molar-refractivity contribution in [3.8, 4) is 39.5 Å². The van der Waals surface area contributed by atoms with Crippen molar-refractivity contribution in [1.29, 1.82) is 0 Å². The minimum atomic E-state index is -0.888. The van der Waals surface area contributed by atoms with E-state index in [9.17, 15) is 20.1 Å². The highest BCUT2D eigenvalue weighted by Crippen LogP contribution is 2.59. The summed E-state index contributed by atoms with van der Waals surface area (Å²) in [6.07, 6.45) is 11.7. The SMILES string of the molecule is COC(=O)NC(C(C)C)C(O)N1C[Si](C)CC1c1ncc(-c2ccc3c(c2)cc2n3C(C3CCC4(CC3)CC4)Oc3cc(-c4cnc(C5CCCN5C(O)C(NCO)C(C)C)[nH]4)ccc3-2)[nH]1. The highest BCUT2D eigenvalue weighted by Gasteiger charge is 2.48. The van der Waals surface area contributed by atoms with Gasteiger partial charge in [-0.25, -0.2) is 14.8 Å². The van der Waals surface area contributed by atoms with E-state index >= 15 is 0 Å². The van der Waals surface area contributed by atoms with E-state index in [0.717, 1.165) is 107 Å². The smallest absolute Gasteiger partial charge is 0.407 e. The minimum absolute atomic E-state index is 0.00782. The Morgan fingerprint density at radius 3 is 2.23 bits per heavy atom. The molecule has 353 valence electrons. The number of aromatic amines is 2. The molecule has 16 heteroatoms. The number of nitrogens with zero attached hydrogens (tertiary/aromatic N) is 5. The van der Waals surface area contributed by atoms with Gasteiger partial charge in [-0.15, -0.1) is 0 Å². The number of nitrogens with one attached hydrogen (secondary N) is 4. The maximum absolute atomic E-state index is 12.2. The van der Waals surface area contributed by atoms with Crippen LogP contribution in [0.25, 0.3) is 44.7 Å². The van der Waals surface area contributed by atoms with Gasteiger partial charge in [0.2, 0.25) is 0 Å². The van der Waals surface area contributed by atoms with Gasteiger partial charge in [0.15, 0.2) is 6.23 Å². The number of likely N-dealkylation sites (tertiary alicyclic amines) is 1. The summed E-state index contributed by atoms with van der Waals surface area (Å²) >= 11 is 0. The van der Waals surface area contributed by atoms with Gasteiger partial charge in [-0.05, 0) is 111 Å². The number of amides is 1. The van der Waals surface area contributed by atoms with Crippen LogP contribution in [0.5, 0.6) is 5.75 Å². The number of alkyl carbamates (subject to hydrolysis) is 1. The van der Waals surface area contributed by atoms with Crippen molar-refractivity contribution in [3.63, 3.8) is 0 Å². The maximum Gasteiger partial charge on any atom is 0.407 e. The Bertz CT molecular complexity index is 2520. The Morgan fingerprint density at radius 2 is 1.56 bits per heavy atom. The molecule has 4 fully saturated rings. The molecule has 7 unspecified atom stereocenters. The second-order valence-corrected chi connectivity index (χ2v) is 23.3. The first-order chi connectivity index (χ1) is 31.8. The normalized spacial score (nSPS) is 24.1. The van der Waals surface area contributed by atoms with Crippen LogP contribution in [0.1, 0.15) is 109 Å². The van der Waals surface area contributed by atoms with Gasteiger partial charge in [0.1, 0.15) is 29.9 Å². The molecule has 5 aliphatic rings. The standard InChI is InChI=1S/C50H68N9O6Si/c1-28(2)42(53-26-60)46(61)57-19-7-8-38(57)44-51-24-36(54-44)32-9-11-34-39-21-33-20-31(10-12-37(33)59(39)48(65-41(34)22-32)30-13-15-50(16-14-30)17-18-50)35-23-52-45(55-35)40-25-66(6)27-58(40)47(62)43(29(3)4)56-49(63)64-5/h9-12,20-24,28-30,38,40,42-43,46-48,53,60-62H,7-8,13-19,25-27H2,1-6H3,(H,51,54)(H,52,55)(H,56,63). The summed E-state index contributed by atoms with van der Waals surface area (Å²) in [6.45, 7) is 11.0. The average molecular weight is 919 g/mol. The molecule has 2 saturated carbocycles. The van der Waals surface area contributed by atoms with Gasteiger partial charge < -0.3 is 44.6 Å². The van der Waals surface area contributed by atoms with Crippen molar-refractivity contribution >= 4 is 25.8 Å². The first-order valence-corrected chi connectivity index (χ1v) is 26.7. The predicted molar refractivity (Wildman–Crippen MR) is 255 cm³/mol. The van der Waals surface area contributed by atoms with Crippen LogP contribution in [0.15, 0.2) is 54.9 Å². The summed E-state index contributed by atoms with van der Waals surface area (Å²) in [4.78, 5) is 33.5. The Balaban J connectivity index is 0.943. The van der Waals surface area contributed by atoms with Crippen LogP contribution in [0, 0.1) is 23.2 Å². The molecule has 10 rings (SSSR count). The predicted octanol–water partition coefficient (Wildman–Crippen LogP) is 7.69. The molecular weight excluding hydrogens is 851 g/mol. The van der Waals surface area contributed by atoms with E-state index in [1.807, 2.05) is 26.2 Å². The third-order valence-electron chi connectivity index (χ3n) is 15.7. The van der Waals surface area contributed by atoms with Crippen molar-refractivity contribution in [3.05, 3.63) is 66.5 Å². The largest absolute Gasteiger partial charge is 0.469 e. The Labute approximate surface area is 389 Å². The molecule has 1 amide bonds. The molecule has 66 heavy (non-hydrogen) atoms. The molecule has 2 aromatic carbocycles. The number of methoxy groups -OCH3 is 1. The number of aliphatic hydroxyl groups excluding tert-OH is 3. The summed E-state index contributed by atoms with van der Waals surface area (Å²) in [5, 5.41) is 39.9. The summed E-state index contributed by atoms with van der Waals surface area (Å²) in [7, 11) is 0.571. The molecule has 3 aromatic heterocycles. The van der Waals surface area contributed by atoms with Crippen LogP contribution in [-0.4, -0.2) is 116 Å². The van der Waals surface area contributed by atoms with E-state index in [-0.39, 0.29) is 42.9 Å². The van der Waals surface area contributed by atoms with E-state index in [4.69, 9.17) is 19.4 Å². The zero-order valence-electron chi connectivity index (χ0n) is 39.3.